The molecular formula is C27H26N2O5S. The van der Waals surface area contributed by atoms with E-state index in [-0.39, 0.29) is 16.8 Å². The Morgan fingerprint density at radius 3 is 2.26 bits per heavy atom. The van der Waals surface area contributed by atoms with Gasteiger partial charge in [-0.15, -0.1) is 0 Å². The molecule has 1 aliphatic carbocycles. The highest BCUT2D eigenvalue weighted by Gasteiger charge is 2.15. The van der Waals surface area contributed by atoms with E-state index in [0.29, 0.717) is 35.8 Å². The summed E-state index contributed by atoms with van der Waals surface area (Å²) in [6.07, 6.45) is 6.58. The number of nitrogens with one attached hydrogen (secondary N) is 2. The lowest BCUT2D eigenvalue weighted by Crippen LogP contribution is -2.35. The molecule has 8 heteroatoms. The van der Waals surface area contributed by atoms with Crippen molar-refractivity contribution in [1.29, 1.82) is 0 Å². The summed E-state index contributed by atoms with van der Waals surface area (Å²) in [7, 11) is -2.20. The van der Waals surface area contributed by atoms with Crippen LogP contribution in [0.25, 0.3) is 0 Å². The summed E-state index contributed by atoms with van der Waals surface area (Å²) in [6, 6.07) is 22.3. The lowest BCUT2D eigenvalue weighted by Gasteiger charge is -2.18. The number of anilines is 1. The molecule has 1 aliphatic rings. The van der Waals surface area contributed by atoms with Gasteiger partial charge in [-0.05, 0) is 72.7 Å². The number of carbonyl (C=O) groups is 1. The molecule has 0 aromatic heterocycles. The summed E-state index contributed by atoms with van der Waals surface area (Å²) >= 11 is 0. The molecule has 3 aromatic carbocycles. The number of carbonyl (C=O) groups excluding carboxylic acids is 1. The van der Waals surface area contributed by atoms with Gasteiger partial charge in [-0.1, -0.05) is 36.4 Å². The van der Waals surface area contributed by atoms with Gasteiger partial charge in [0, 0.05) is 5.69 Å². The number of hydrogen-bond donors (Lipinski definition) is 2. The van der Waals surface area contributed by atoms with Gasteiger partial charge in [0.25, 0.3) is 10.0 Å². The van der Waals surface area contributed by atoms with Gasteiger partial charge in [0.1, 0.15) is 17.3 Å². The minimum Gasteiger partial charge on any atom is -0.497 e. The molecule has 7 nitrogen and oxygen atoms in total. The van der Waals surface area contributed by atoms with Crippen LogP contribution in [0.4, 0.5) is 5.69 Å². The lowest BCUT2D eigenvalue weighted by molar-refractivity contribution is -0.120. The summed E-state index contributed by atoms with van der Waals surface area (Å²) < 4.78 is 38.6. The molecule has 0 radical (unpaired) electrons. The molecule has 1 atom stereocenters. The van der Waals surface area contributed by atoms with E-state index in [1.54, 1.807) is 36.4 Å². The van der Waals surface area contributed by atoms with Crippen molar-refractivity contribution >= 4 is 21.6 Å². The van der Waals surface area contributed by atoms with Crippen LogP contribution in [0.3, 0.4) is 0 Å². The Hall–Kier alpha value is -4.04. The maximum atomic E-state index is 12.6. The average molecular weight is 491 g/mol. The van der Waals surface area contributed by atoms with Gasteiger partial charge in [0.05, 0.1) is 24.5 Å². The van der Waals surface area contributed by atoms with Crippen LogP contribution in [0.5, 0.6) is 11.5 Å². The summed E-state index contributed by atoms with van der Waals surface area (Å²) in [5, 5.41) is 3.00. The summed E-state index contributed by atoms with van der Waals surface area (Å²) in [6.45, 7) is 0. The van der Waals surface area contributed by atoms with Crippen LogP contribution in [-0.2, 0) is 21.2 Å². The van der Waals surface area contributed by atoms with Crippen molar-refractivity contribution in [3.63, 3.8) is 0 Å². The standard InChI is InChI=1S/C27H26N2O5S/c1-33-23-15-17-26(18-16-23)35(31,32)29-22-9-13-25(14-10-22)34-24-11-7-21(8-12-24)28-27(30)19-20-5-3-2-4-6-20/h2-7,9-18,21,29H,8,19H2,1H3,(H,28,30). The van der Waals surface area contributed by atoms with Crippen LogP contribution in [0.15, 0.2) is 108 Å². The Morgan fingerprint density at radius 1 is 0.943 bits per heavy atom. The van der Waals surface area contributed by atoms with Gasteiger partial charge in [-0.3, -0.25) is 9.52 Å². The van der Waals surface area contributed by atoms with Gasteiger partial charge in [0.15, 0.2) is 0 Å². The average Bonchev–Trinajstić information content (AvgIpc) is 2.87. The van der Waals surface area contributed by atoms with E-state index in [4.69, 9.17) is 9.47 Å². The molecule has 35 heavy (non-hydrogen) atoms. The third-order valence-corrected chi connectivity index (χ3v) is 6.73. The van der Waals surface area contributed by atoms with Gasteiger partial charge in [-0.2, -0.15) is 0 Å². The smallest absolute Gasteiger partial charge is 0.261 e. The first-order valence-corrected chi connectivity index (χ1v) is 12.6. The first kappa shape index (κ1) is 24.1. The Kier molecular flexibility index (Phi) is 7.52. The van der Waals surface area contributed by atoms with E-state index < -0.39 is 10.0 Å². The highest BCUT2D eigenvalue weighted by atomic mass is 32.2. The Labute approximate surface area is 205 Å². The fraction of sp³-hybridized carbons (Fsp3) is 0.148. The van der Waals surface area contributed by atoms with E-state index in [1.165, 1.54) is 19.2 Å². The number of hydrogen-bond acceptors (Lipinski definition) is 5. The normalized spacial score (nSPS) is 15.1. The van der Waals surface area contributed by atoms with Crippen LogP contribution >= 0.6 is 0 Å². The van der Waals surface area contributed by atoms with Crippen LogP contribution in [0.2, 0.25) is 0 Å². The summed E-state index contributed by atoms with van der Waals surface area (Å²) in [4.78, 5) is 12.4. The molecule has 0 aliphatic heterocycles. The van der Waals surface area contributed by atoms with Crippen LogP contribution in [-0.4, -0.2) is 27.5 Å². The molecule has 0 saturated carbocycles. The van der Waals surface area contributed by atoms with E-state index in [2.05, 4.69) is 10.0 Å². The second-order valence-corrected chi connectivity index (χ2v) is 9.63. The number of ether oxygens (including phenoxy) is 2. The first-order chi connectivity index (χ1) is 16.9. The number of sulfonamides is 1. The van der Waals surface area contributed by atoms with Crippen molar-refractivity contribution in [2.45, 2.75) is 23.8 Å². The van der Waals surface area contributed by atoms with Crippen molar-refractivity contribution in [2.24, 2.45) is 0 Å². The number of methoxy groups -OCH3 is 1. The number of allylic oxidation sites excluding steroid dienone is 1. The Balaban J connectivity index is 1.28. The minimum absolute atomic E-state index is 0.0312. The lowest BCUT2D eigenvalue weighted by atomic mass is 10.1. The van der Waals surface area contributed by atoms with Gasteiger partial charge in [0.2, 0.25) is 5.91 Å². The maximum Gasteiger partial charge on any atom is 0.261 e. The van der Waals surface area contributed by atoms with Crippen molar-refractivity contribution in [3.8, 4) is 11.5 Å². The van der Waals surface area contributed by atoms with Gasteiger partial charge >= 0.3 is 0 Å². The quantitative estimate of drug-likeness (QED) is 0.462. The monoisotopic (exact) mass is 490 g/mol. The van der Waals surface area contributed by atoms with Crippen LogP contribution < -0.4 is 19.5 Å². The molecule has 1 unspecified atom stereocenters. The molecule has 4 rings (SSSR count). The Morgan fingerprint density at radius 2 is 1.63 bits per heavy atom. The molecular weight excluding hydrogens is 464 g/mol. The summed E-state index contributed by atoms with van der Waals surface area (Å²) in [5.41, 5.74) is 1.39. The predicted octanol–water partition coefficient (Wildman–Crippen LogP) is 4.45. The first-order valence-electron chi connectivity index (χ1n) is 11.1. The third kappa shape index (κ3) is 6.74. The molecule has 3 aromatic rings. The molecule has 1 amide bonds. The zero-order valence-corrected chi connectivity index (χ0v) is 20.0. The van der Waals surface area contributed by atoms with Gasteiger partial charge in [-0.25, -0.2) is 8.42 Å². The zero-order chi connectivity index (χ0) is 24.7. The van der Waals surface area contributed by atoms with E-state index in [1.807, 2.05) is 48.6 Å². The number of rotatable bonds is 9. The van der Waals surface area contributed by atoms with Gasteiger partial charge < -0.3 is 14.8 Å². The number of amides is 1. The summed E-state index contributed by atoms with van der Waals surface area (Å²) in [5.74, 6) is 1.78. The molecule has 0 fully saturated rings. The van der Waals surface area contributed by atoms with Crippen molar-refractivity contribution < 1.29 is 22.7 Å². The maximum absolute atomic E-state index is 12.6. The largest absolute Gasteiger partial charge is 0.497 e. The SMILES string of the molecule is COc1ccc(S(=O)(=O)Nc2ccc(OC3=CCC(NC(=O)Cc4ccccc4)C=C3)cc2)cc1. The minimum atomic E-state index is -3.72. The van der Waals surface area contributed by atoms with Crippen LogP contribution in [0.1, 0.15) is 12.0 Å². The second-order valence-electron chi connectivity index (χ2n) is 7.95. The van der Waals surface area contributed by atoms with E-state index >= 15 is 0 Å². The van der Waals surface area contributed by atoms with Crippen molar-refractivity contribution in [1.82, 2.24) is 5.32 Å². The highest BCUT2D eigenvalue weighted by Crippen LogP contribution is 2.23. The third-order valence-electron chi connectivity index (χ3n) is 5.33. The fourth-order valence-electron chi connectivity index (χ4n) is 3.52. The molecule has 0 spiro atoms. The molecule has 0 saturated heterocycles. The molecule has 0 bridgehead atoms. The van der Waals surface area contributed by atoms with E-state index in [9.17, 15) is 13.2 Å². The Bertz CT molecular complexity index is 1320. The predicted molar refractivity (Wildman–Crippen MR) is 135 cm³/mol. The second kappa shape index (κ2) is 10.9. The van der Waals surface area contributed by atoms with E-state index in [0.717, 1.165) is 5.56 Å². The molecule has 180 valence electrons. The molecule has 2 N–H and O–H groups in total. The molecule has 0 heterocycles. The highest BCUT2D eigenvalue weighted by molar-refractivity contribution is 7.92. The fourth-order valence-corrected chi connectivity index (χ4v) is 4.58. The topological polar surface area (TPSA) is 93.7 Å². The van der Waals surface area contributed by atoms with Crippen molar-refractivity contribution in [3.05, 3.63) is 108 Å². The zero-order valence-electron chi connectivity index (χ0n) is 19.2. The van der Waals surface area contributed by atoms with Crippen LogP contribution in [0, 0.1) is 0 Å². The number of benzene rings is 3. The van der Waals surface area contributed by atoms with Crippen molar-refractivity contribution in [2.75, 3.05) is 11.8 Å².